The first-order valence-corrected chi connectivity index (χ1v) is 11.2. The molecule has 35 heavy (non-hydrogen) atoms. The zero-order chi connectivity index (χ0) is 24.5. The molecule has 8 nitrogen and oxygen atoms in total. The van der Waals surface area contributed by atoms with E-state index in [1.807, 2.05) is 17.9 Å². The third kappa shape index (κ3) is 4.65. The molecule has 0 amide bonds. The molecule has 0 spiro atoms. The summed E-state index contributed by atoms with van der Waals surface area (Å²) in [4.78, 5) is 19.2. The van der Waals surface area contributed by atoms with E-state index in [1.54, 1.807) is 36.5 Å². The van der Waals surface area contributed by atoms with Gasteiger partial charge in [-0.1, -0.05) is 6.07 Å². The van der Waals surface area contributed by atoms with Gasteiger partial charge >= 0.3 is 5.69 Å². The first kappa shape index (κ1) is 22.7. The van der Waals surface area contributed by atoms with Crippen molar-refractivity contribution in [3.63, 3.8) is 0 Å². The maximum atomic E-state index is 14.0. The summed E-state index contributed by atoms with van der Waals surface area (Å²) in [5.74, 6) is 0.416. The van der Waals surface area contributed by atoms with Crippen molar-refractivity contribution < 1.29 is 18.6 Å². The number of β-amino-alcohol motifs (C(OH)–C–C–N with tert-alkyl or cyclic N) is 1. The number of halogens is 2. The molecule has 2 atom stereocenters. The standard InChI is InChI=1S/C25H23F2N5O3/c1-16-11-18(33)13-31(16)24-12-20(9-10-28-24)35-19-7-5-17(6-8-19)32-25(34)30(15-29-32)14-21-22(26)3-2-4-23(21)27/h2-10,12,15-16,18,33H,11,13-14H2,1H3/t16-,18+/m0/s1. The maximum Gasteiger partial charge on any atom is 0.350 e. The van der Waals surface area contributed by atoms with Crippen LogP contribution in [0.1, 0.15) is 18.9 Å². The largest absolute Gasteiger partial charge is 0.457 e. The van der Waals surface area contributed by atoms with Gasteiger partial charge in [-0.2, -0.15) is 9.78 Å². The molecular weight excluding hydrogens is 456 g/mol. The van der Waals surface area contributed by atoms with Crippen LogP contribution >= 0.6 is 0 Å². The molecule has 3 heterocycles. The van der Waals surface area contributed by atoms with Gasteiger partial charge in [0.25, 0.3) is 0 Å². The predicted molar refractivity (Wildman–Crippen MR) is 125 cm³/mol. The zero-order valence-electron chi connectivity index (χ0n) is 18.9. The molecule has 0 radical (unpaired) electrons. The average molecular weight is 479 g/mol. The predicted octanol–water partition coefficient (Wildman–Crippen LogP) is 3.51. The number of ether oxygens (including phenoxy) is 1. The quantitative estimate of drug-likeness (QED) is 0.456. The monoisotopic (exact) mass is 479 g/mol. The SMILES string of the molecule is C[C@H]1C[C@@H](O)CN1c1cc(Oc2ccc(-n3ncn(Cc4c(F)cccc4F)c3=O)cc2)ccn1. The summed E-state index contributed by atoms with van der Waals surface area (Å²) in [6, 6.07) is 14.0. The van der Waals surface area contributed by atoms with Crippen LogP contribution < -0.4 is 15.3 Å². The number of pyridine rings is 1. The molecule has 5 rings (SSSR count). The minimum atomic E-state index is -0.721. The van der Waals surface area contributed by atoms with Crippen molar-refractivity contribution in [2.45, 2.75) is 32.0 Å². The second-order valence-corrected chi connectivity index (χ2v) is 8.49. The van der Waals surface area contributed by atoms with Crippen LogP contribution in [0.3, 0.4) is 0 Å². The van der Waals surface area contributed by atoms with Crippen molar-refractivity contribution in [1.82, 2.24) is 19.3 Å². The fourth-order valence-electron chi connectivity index (χ4n) is 4.21. The van der Waals surface area contributed by atoms with Gasteiger partial charge in [-0.25, -0.2) is 18.6 Å². The number of benzene rings is 2. The van der Waals surface area contributed by atoms with Gasteiger partial charge in [-0.15, -0.1) is 0 Å². The smallest absolute Gasteiger partial charge is 0.350 e. The normalized spacial score (nSPS) is 17.7. The molecule has 1 aliphatic heterocycles. The number of aliphatic hydroxyl groups is 1. The Hall–Kier alpha value is -4.05. The Labute approximate surface area is 199 Å². The molecule has 2 aromatic heterocycles. The van der Waals surface area contributed by atoms with Crippen LogP contribution in [-0.2, 0) is 6.54 Å². The van der Waals surface area contributed by atoms with E-state index >= 15 is 0 Å². The van der Waals surface area contributed by atoms with Gasteiger partial charge in [0.05, 0.1) is 18.3 Å². The Bertz CT molecular complexity index is 1380. The Kier molecular flexibility index (Phi) is 6.04. The van der Waals surface area contributed by atoms with E-state index in [9.17, 15) is 18.7 Å². The molecule has 1 saturated heterocycles. The van der Waals surface area contributed by atoms with Crippen molar-refractivity contribution in [2.24, 2.45) is 0 Å². The number of hydrogen-bond acceptors (Lipinski definition) is 6. The van der Waals surface area contributed by atoms with E-state index in [0.29, 0.717) is 30.2 Å². The Morgan fingerprint density at radius 3 is 2.51 bits per heavy atom. The van der Waals surface area contributed by atoms with E-state index in [4.69, 9.17) is 4.74 Å². The van der Waals surface area contributed by atoms with Crippen LogP contribution in [-0.4, -0.2) is 43.1 Å². The lowest BCUT2D eigenvalue weighted by Crippen LogP contribution is -2.28. The molecule has 180 valence electrons. The molecule has 1 N–H and O–H groups in total. The van der Waals surface area contributed by atoms with E-state index in [1.165, 1.54) is 12.4 Å². The molecule has 4 aromatic rings. The fourth-order valence-corrected chi connectivity index (χ4v) is 4.21. The van der Waals surface area contributed by atoms with Gasteiger partial charge in [0.1, 0.15) is 35.3 Å². The van der Waals surface area contributed by atoms with E-state index < -0.39 is 17.3 Å². The Morgan fingerprint density at radius 1 is 1.09 bits per heavy atom. The maximum absolute atomic E-state index is 14.0. The van der Waals surface area contributed by atoms with Crippen molar-refractivity contribution in [3.8, 4) is 17.2 Å². The molecule has 1 fully saturated rings. The van der Waals surface area contributed by atoms with Crippen LogP contribution in [0.25, 0.3) is 5.69 Å². The van der Waals surface area contributed by atoms with Crippen LogP contribution in [0, 0.1) is 11.6 Å². The number of hydrogen-bond donors (Lipinski definition) is 1. The van der Waals surface area contributed by atoms with Crippen molar-refractivity contribution in [3.05, 3.63) is 94.8 Å². The minimum absolute atomic E-state index is 0.181. The number of anilines is 1. The number of aromatic nitrogens is 4. The Balaban J connectivity index is 1.31. The highest BCUT2D eigenvalue weighted by Crippen LogP contribution is 2.29. The number of aliphatic hydroxyl groups excluding tert-OH is 1. The third-order valence-electron chi connectivity index (χ3n) is 6.00. The number of rotatable bonds is 6. The van der Waals surface area contributed by atoms with Crippen molar-refractivity contribution in [1.29, 1.82) is 0 Å². The summed E-state index contributed by atoms with van der Waals surface area (Å²) in [6.45, 7) is 2.30. The van der Waals surface area contributed by atoms with Gasteiger partial charge in [0.15, 0.2) is 0 Å². The third-order valence-corrected chi connectivity index (χ3v) is 6.00. The second kappa shape index (κ2) is 9.30. The van der Waals surface area contributed by atoms with Crippen LogP contribution in [0.15, 0.2) is 71.9 Å². The summed E-state index contributed by atoms with van der Waals surface area (Å²) in [5.41, 5.74) is -0.250. The van der Waals surface area contributed by atoms with Gasteiger partial charge < -0.3 is 14.7 Å². The van der Waals surface area contributed by atoms with E-state index in [2.05, 4.69) is 10.1 Å². The first-order chi connectivity index (χ1) is 16.9. The highest BCUT2D eigenvalue weighted by Gasteiger charge is 2.28. The molecule has 1 aliphatic rings. The second-order valence-electron chi connectivity index (χ2n) is 8.49. The van der Waals surface area contributed by atoms with E-state index in [-0.39, 0.29) is 24.3 Å². The van der Waals surface area contributed by atoms with Gasteiger partial charge in [-0.05, 0) is 55.8 Å². The minimum Gasteiger partial charge on any atom is -0.457 e. The fraction of sp³-hybridized carbons (Fsp3) is 0.240. The Morgan fingerprint density at radius 2 is 1.83 bits per heavy atom. The van der Waals surface area contributed by atoms with Crippen LogP contribution in [0.5, 0.6) is 11.5 Å². The molecule has 10 heteroatoms. The average Bonchev–Trinajstić information content (AvgIpc) is 3.38. The van der Waals surface area contributed by atoms with Gasteiger partial charge in [0, 0.05) is 30.4 Å². The van der Waals surface area contributed by atoms with E-state index in [0.717, 1.165) is 27.2 Å². The molecule has 2 aromatic carbocycles. The molecule has 0 bridgehead atoms. The molecule has 0 aliphatic carbocycles. The van der Waals surface area contributed by atoms with Crippen LogP contribution in [0.4, 0.5) is 14.6 Å². The zero-order valence-corrected chi connectivity index (χ0v) is 18.9. The lowest BCUT2D eigenvalue weighted by Gasteiger charge is -2.22. The highest BCUT2D eigenvalue weighted by atomic mass is 19.1. The summed E-state index contributed by atoms with van der Waals surface area (Å²) < 4.78 is 36.1. The summed E-state index contributed by atoms with van der Waals surface area (Å²) in [6.07, 6.45) is 3.22. The molecule has 0 saturated carbocycles. The summed E-state index contributed by atoms with van der Waals surface area (Å²) in [5, 5.41) is 14.0. The number of nitrogens with zero attached hydrogens (tertiary/aromatic N) is 5. The summed E-state index contributed by atoms with van der Waals surface area (Å²) >= 11 is 0. The molecular formula is C25H23F2N5O3. The lowest BCUT2D eigenvalue weighted by atomic mass is 10.2. The van der Waals surface area contributed by atoms with Crippen LogP contribution in [0.2, 0.25) is 0 Å². The van der Waals surface area contributed by atoms with Crippen molar-refractivity contribution >= 4 is 5.82 Å². The highest BCUT2D eigenvalue weighted by molar-refractivity contribution is 5.47. The topological polar surface area (TPSA) is 85.4 Å². The van der Waals surface area contributed by atoms with Gasteiger partial charge in [-0.3, -0.25) is 4.57 Å². The molecule has 0 unspecified atom stereocenters. The van der Waals surface area contributed by atoms with Crippen molar-refractivity contribution in [2.75, 3.05) is 11.4 Å². The lowest BCUT2D eigenvalue weighted by molar-refractivity contribution is 0.195. The van der Waals surface area contributed by atoms with Gasteiger partial charge in [0.2, 0.25) is 0 Å². The summed E-state index contributed by atoms with van der Waals surface area (Å²) in [7, 11) is 0. The first-order valence-electron chi connectivity index (χ1n) is 11.2.